The molecule has 2 heterocycles. The Bertz CT molecular complexity index is 1060. The van der Waals surface area contributed by atoms with Gasteiger partial charge in [0.05, 0.1) is 19.0 Å². The number of hydrogen-bond acceptors (Lipinski definition) is 6. The van der Waals surface area contributed by atoms with Gasteiger partial charge in [-0.25, -0.2) is 0 Å². The van der Waals surface area contributed by atoms with Crippen molar-refractivity contribution in [2.45, 2.75) is 37.1 Å². The zero-order valence-corrected chi connectivity index (χ0v) is 19.5. The lowest BCUT2D eigenvalue weighted by Gasteiger charge is -2.20. The highest BCUT2D eigenvalue weighted by Gasteiger charge is 2.27. The number of likely N-dealkylation sites (tertiary alicyclic amines) is 1. The van der Waals surface area contributed by atoms with Gasteiger partial charge in [0.1, 0.15) is 11.5 Å². The van der Waals surface area contributed by atoms with Gasteiger partial charge in [0.2, 0.25) is 5.91 Å². The van der Waals surface area contributed by atoms with Crippen LogP contribution in [0.4, 0.5) is 0 Å². The van der Waals surface area contributed by atoms with Crippen molar-refractivity contribution in [1.82, 2.24) is 19.7 Å². The highest BCUT2D eigenvalue weighted by Crippen LogP contribution is 2.32. The van der Waals surface area contributed by atoms with Gasteiger partial charge in [0, 0.05) is 24.3 Å². The van der Waals surface area contributed by atoms with Crippen molar-refractivity contribution < 1.29 is 14.3 Å². The number of ether oxygens (including phenoxy) is 2. The van der Waals surface area contributed by atoms with Crippen molar-refractivity contribution in [1.29, 1.82) is 0 Å². The van der Waals surface area contributed by atoms with Crippen molar-refractivity contribution >= 4 is 17.7 Å². The first-order chi connectivity index (χ1) is 15.6. The fourth-order valence-electron chi connectivity index (χ4n) is 3.79. The van der Waals surface area contributed by atoms with Crippen molar-refractivity contribution in [2.24, 2.45) is 0 Å². The zero-order chi connectivity index (χ0) is 22.5. The van der Waals surface area contributed by atoms with E-state index in [0.29, 0.717) is 17.6 Å². The summed E-state index contributed by atoms with van der Waals surface area (Å²) in [7, 11) is 1.64. The third-order valence-electron chi connectivity index (χ3n) is 5.41. The van der Waals surface area contributed by atoms with Gasteiger partial charge in [0.25, 0.3) is 0 Å². The minimum absolute atomic E-state index is 0.150. The van der Waals surface area contributed by atoms with E-state index in [2.05, 4.69) is 10.2 Å². The van der Waals surface area contributed by atoms with E-state index in [9.17, 15) is 4.79 Å². The molecule has 168 valence electrons. The number of nitrogens with zero attached hydrogens (tertiary/aromatic N) is 4. The minimum atomic E-state index is -0.253. The minimum Gasteiger partial charge on any atom is -0.497 e. The molecule has 1 saturated heterocycles. The number of hydrogen-bond donors (Lipinski definition) is 0. The van der Waals surface area contributed by atoms with E-state index in [1.807, 2.05) is 71.8 Å². The molecule has 1 aromatic heterocycles. The third kappa shape index (κ3) is 4.75. The van der Waals surface area contributed by atoms with Gasteiger partial charge in [-0.1, -0.05) is 23.9 Å². The predicted molar refractivity (Wildman–Crippen MR) is 126 cm³/mol. The maximum absolute atomic E-state index is 12.9. The fraction of sp³-hybridized carbons (Fsp3) is 0.375. The van der Waals surface area contributed by atoms with Gasteiger partial charge < -0.3 is 14.4 Å². The summed E-state index contributed by atoms with van der Waals surface area (Å²) in [5.41, 5.74) is 1.79. The Morgan fingerprint density at radius 2 is 1.84 bits per heavy atom. The van der Waals surface area contributed by atoms with E-state index in [1.54, 1.807) is 7.11 Å². The first-order valence-electron chi connectivity index (χ1n) is 10.9. The lowest BCUT2D eigenvalue weighted by atomic mass is 10.2. The van der Waals surface area contributed by atoms with E-state index in [1.165, 1.54) is 11.8 Å². The summed E-state index contributed by atoms with van der Waals surface area (Å²) in [6.07, 6.45) is 2.15. The molecule has 1 atom stereocenters. The molecule has 32 heavy (non-hydrogen) atoms. The van der Waals surface area contributed by atoms with Crippen LogP contribution in [0.1, 0.15) is 26.7 Å². The van der Waals surface area contributed by atoms with Crippen molar-refractivity contribution in [3.8, 4) is 28.6 Å². The van der Waals surface area contributed by atoms with Crippen LogP contribution in [0.3, 0.4) is 0 Å². The Labute approximate surface area is 192 Å². The van der Waals surface area contributed by atoms with E-state index >= 15 is 0 Å². The number of carbonyl (C=O) groups is 1. The van der Waals surface area contributed by atoms with Gasteiger partial charge in [0.15, 0.2) is 11.0 Å². The van der Waals surface area contributed by atoms with Gasteiger partial charge in [-0.05, 0) is 63.1 Å². The molecule has 0 spiro atoms. The largest absolute Gasteiger partial charge is 0.497 e. The van der Waals surface area contributed by atoms with Crippen LogP contribution in [0.15, 0.2) is 53.7 Å². The van der Waals surface area contributed by atoms with Crippen molar-refractivity contribution in [3.63, 3.8) is 0 Å². The second-order valence-electron chi connectivity index (χ2n) is 7.59. The Hall–Kier alpha value is -3.00. The lowest BCUT2D eigenvalue weighted by Crippen LogP contribution is -2.34. The molecule has 0 aliphatic carbocycles. The van der Waals surface area contributed by atoms with Crippen LogP contribution in [-0.2, 0) is 4.79 Å². The van der Waals surface area contributed by atoms with Gasteiger partial charge in [-0.15, -0.1) is 10.2 Å². The van der Waals surface area contributed by atoms with Crippen LogP contribution < -0.4 is 9.47 Å². The summed E-state index contributed by atoms with van der Waals surface area (Å²) in [4.78, 5) is 14.8. The molecular weight excluding hydrogens is 424 g/mol. The molecule has 1 aliphatic heterocycles. The van der Waals surface area contributed by atoms with Gasteiger partial charge in [-0.2, -0.15) is 0 Å². The van der Waals surface area contributed by atoms with Gasteiger partial charge in [-0.3, -0.25) is 9.36 Å². The molecule has 0 N–H and O–H groups in total. The summed E-state index contributed by atoms with van der Waals surface area (Å²) in [5, 5.41) is 9.37. The second-order valence-corrected chi connectivity index (χ2v) is 8.90. The topological polar surface area (TPSA) is 69.5 Å². The number of carbonyl (C=O) groups excluding carboxylic acids is 1. The molecule has 3 aromatic rings. The molecule has 0 radical (unpaired) electrons. The van der Waals surface area contributed by atoms with E-state index in [0.717, 1.165) is 48.7 Å². The molecule has 7 nitrogen and oxygen atoms in total. The Kier molecular flexibility index (Phi) is 6.99. The van der Waals surface area contributed by atoms with Crippen LogP contribution in [-0.4, -0.2) is 57.6 Å². The number of benzene rings is 2. The van der Waals surface area contributed by atoms with Gasteiger partial charge >= 0.3 is 0 Å². The Morgan fingerprint density at radius 1 is 1.09 bits per heavy atom. The molecule has 8 heteroatoms. The highest BCUT2D eigenvalue weighted by atomic mass is 32.2. The molecule has 1 amide bonds. The first-order valence-corrected chi connectivity index (χ1v) is 11.8. The molecule has 1 aliphatic rings. The normalized spacial score (nSPS) is 14.4. The van der Waals surface area contributed by atoms with Crippen LogP contribution >= 0.6 is 11.8 Å². The number of rotatable bonds is 8. The quantitative estimate of drug-likeness (QED) is 0.471. The summed E-state index contributed by atoms with van der Waals surface area (Å²) in [5.74, 6) is 2.39. The van der Waals surface area contributed by atoms with Crippen LogP contribution in [0.5, 0.6) is 11.5 Å². The molecule has 1 unspecified atom stereocenters. The fourth-order valence-corrected chi connectivity index (χ4v) is 4.74. The van der Waals surface area contributed by atoms with Crippen LogP contribution in [0.2, 0.25) is 0 Å². The number of amides is 1. The number of aromatic nitrogens is 3. The summed E-state index contributed by atoms with van der Waals surface area (Å²) >= 11 is 1.44. The second kappa shape index (κ2) is 10.1. The summed E-state index contributed by atoms with van der Waals surface area (Å²) < 4.78 is 13.0. The van der Waals surface area contributed by atoms with E-state index in [4.69, 9.17) is 9.47 Å². The predicted octanol–water partition coefficient (Wildman–Crippen LogP) is 4.44. The van der Waals surface area contributed by atoms with Crippen molar-refractivity contribution in [2.75, 3.05) is 26.8 Å². The molecular formula is C24H28N4O3S. The molecule has 0 bridgehead atoms. The Balaban J connectivity index is 1.71. The number of methoxy groups -OCH3 is 1. The third-order valence-corrected chi connectivity index (χ3v) is 6.45. The average Bonchev–Trinajstić information content (AvgIpc) is 3.50. The Morgan fingerprint density at radius 3 is 2.53 bits per heavy atom. The maximum atomic E-state index is 12.9. The summed E-state index contributed by atoms with van der Waals surface area (Å²) in [6.45, 7) is 6.18. The molecule has 1 fully saturated rings. The number of thioether (sulfide) groups is 1. The van der Waals surface area contributed by atoms with Crippen LogP contribution in [0, 0.1) is 0 Å². The maximum Gasteiger partial charge on any atom is 0.235 e. The SMILES string of the molecule is CCOc1ccc(-n2c(SC(C)C(=O)N3CCCC3)nnc2-c2cccc(OC)c2)cc1. The van der Waals surface area contributed by atoms with Crippen molar-refractivity contribution in [3.05, 3.63) is 48.5 Å². The standard InChI is InChI=1S/C24H28N4O3S/c1-4-31-20-12-10-19(11-13-20)28-22(18-8-7-9-21(16-18)30-3)25-26-24(28)32-17(2)23(29)27-14-5-6-15-27/h7-13,16-17H,4-6,14-15H2,1-3H3. The smallest absolute Gasteiger partial charge is 0.235 e. The molecule has 4 rings (SSSR count). The van der Waals surface area contributed by atoms with Crippen LogP contribution in [0.25, 0.3) is 17.1 Å². The average molecular weight is 453 g/mol. The van der Waals surface area contributed by atoms with E-state index in [-0.39, 0.29) is 11.2 Å². The summed E-state index contributed by atoms with van der Waals surface area (Å²) in [6, 6.07) is 15.6. The first kappa shape index (κ1) is 22.2. The highest BCUT2D eigenvalue weighted by molar-refractivity contribution is 8.00. The monoisotopic (exact) mass is 452 g/mol. The molecule has 2 aromatic carbocycles. The molecule has 0 saturated carbocycles. The zero-order valence-electron chi connectivity index (χ0n) is 18.7. The van der Waals surface area contributed by atoms with E-state index < -0.39 is 0 Å². The lowest BCUT2D eigenvalue weighted by molar-refractivity contribution is -0.129.